The molecule has 0 heterocycles. The van der Waals surface area contributed by atoms with Crippen LogP contribution in [0.2, 0.25) is 0 Å². The topological polar surface area (TPSA) is 67.4 Å². The lowest BCUT2D eigenvalue weighted by atomic mass is 10.1. The van der Waals surface area contributed by atoms with Crippen LogP contribution in [0.25, 0.3) is 6.08 Å². The van der Waals surface area contributed by atoms with Gasteiger partial charge in [0.1, 0.15) is 5.75 Å². The van der Waals surface area contributed by atoms with Crippen LogP contribution >= 0.6 is 0 Å². The van der Waals surface area contributed by atoms with Gasteiger partial charge in [-0.15, -0.1) is 0 Å². The molecule has 2 aromatic carbocycles. The van der Waals surface area contributed by atoms with E-state index in [0.717, 1.165) is 36.1 Å². The molecule has 0 unspecified atom stereocenters. The lowest BCUT2D eigenvalue weighted by molar-refractivity contribution is -0.116. The Kier molecular flexibility index (Phi) is 6.26. The van der Waals surface area contributed by atoms with E-state index in [1.165, 1.54) is 6.08 Å². The van der Waals surface area contributed by atoms with Gasteiger partial charge in [0.2, 0.25) is 5.91 Å². The van der Waals surface area contributed by atoms with Crippen molar-refractivity contribution in [2.24, 2.45) is 0 Å². The Morgan fingerprint density at radius 2 is 1.78 bits per heavy atom. The number of rotatable bonds is 8. The van der Waals surface area contributed by atoms with Gasteiger partial charge in [0.25, 0.3) is 5.91 Å². The SMILES string of the molecule is COc1ccc(CCNC(=O)/C=C/c2ccc(C(=O)NC3CC3)cc2)cc1. The third kappa shape index (κ3) is 5.99. The highest BCUT2D eigenvalue weighted by molar-refractivity contribution is 5.95. The molecule has 1 aliphatic rings. The Hall–Kier alpha value is -3.08. The van der Waals surface area contributed by atoms with E-state index < -0.39 is 0 Å². The van der Waals surface area contributed by atoms with Crippen LogP contribution < -0.4 is 15.4 Å². The third-order valence-corrected chi connectivity index (χ3v) is 4.38. The van der Waals surface area contributed by atoms with Crippen LogP contribution in [-0.4, -0.2) is 31.5 Å². The van der Waals surface area contributed by atoms with Crippen molar-refractivity contribution in [1.29, 1.82) is 0 Å². The van der Waals surface area contributed by atoms with Crippen LogP contribution in [0.5, 0.6) is 5.75 Å². The van der Waals surface area contributed by atoms with Crippen molar-refractivity contribution in [3.8, 4) is 5.75 Å². The molecule has 2 N–H and O–H groups in total. The normalized spacial score (nSPS) is 13.4. The van der Waals surface area contributed by atoms with Crippen LogP contribution in [0.4, 0.5) is 0 Å². The lowest BCUT2D eigenvalue weighted by Crippen LogP contribution is -2.25. The number of methoxy groups -OCH3 is 1. The average molecular weight is 364 g/mol. The number of amides is 2. The summed E-state index contributed by atoms with van der Waals surface area (Å²) in [7, 11) is 1.64. The number of carbonyl (C=O) groups is 2. The molecular formula is C22H24N2O3. The second-order valence-corrected chi connectivity index (χ2v) is 6.59. The minimum atomic E-state index is -0.140. The standard InChI is InChI=1S/C22H24N2O3/c1-27-20-11-4-17(5-12-20)14-15-23-21(25)13-6-16-2-7-18(8-3-16)22(26)24-19-9-10-19/h2-8,11-13,19H,9-10,14-15H2,1H3,(H,23,25)(H,24,26)/b13-6+. The summed E-state index contributed by atoms with van der Waals surface area (Å²) < 4.78 is 5.12. The smallest absolute Gasteiger partial charge is 0.251 e. The van der Waals surface area contributed by atoms with Crippen LogP contribution in [0.3, 0.4) is 0 Å². The van der Waals surface area contributed by atoms with E-state index in [9.17, 15) is 9.59 Å². The summed E-state index contributed by atoms with van der Waals surface area (Å²) in [5.41, 5.74) is 2.66. The number of nitrogens with one attached hydrogen (secondary N) is 2. The van der Waals surface area contributed by atoms with E-state index in [-0.39, 0.29) is 11.8 Å². The Labute approximate surface area is 159 Å². The van der Waals surface area contributed by atoms with Crippen LogP contribution in [0, 0.1) is 0 Å². The van der Waals surface area contributed by atoms with Crippen molar-refractivity contribution in [3.63, 3.8) is 0 Å². The predicted octanol–water partition coefficient (Wildman–Crippen LogP) is 2.96. The van der Waals surface area contributed by atoms with Gasteiger partial charge in [-0.25, -0.2) is 0 Å². The molecule has 5 nitrogen and oxygen atoms in total. The van der Waals surface area contributed by atoms with Gasteiger partial charge in [-0.1, -0.05) is 24.3 Å². The second kappa shape index (κ2) is 9.03. The summed E-state index contributed by atoms with van der Waals surface area (Å²) in [6.07, 6.45) is 6.15. The first-order valence-electron chi connectivity index (χ1n) is 9.14. The summed E-state index contributed by atoms with van der Waals surface area (Å²) in [6, 6.07) is 15.4. The fraction of sp³-hybridized carbons (Fsp3) is 0.273. The van der Waals surface area contributed by atoms with E-state index in [1.807, 2.05) is 36.4 Å². The summed E-state index contributed by atoms with van der Waals surface area (Å²) in [4.78, 5) is 23.9. The largest absolute Gasteiger partial charge is 0.497 e. The number of hydrogen-bond acceptors (Lipinski definition) is 3. The summed E-state index contributed by atoms with van der Waals surface area (Å²) >= 11 is 0. The lowest BCUT2D eigenvalue weighted by Gasteiger charge is -2.05. The highest BCUT2D eigenvalue weighted by Gasteiger charge is 2.23. The van der Waals surface area contributed by atoms with Crippen molar-refractivity contribution in [2.75, 3.05) is 13.7 Å². The molecule has 140 valence electrons. The van der Waals surface area contributed by atoms with Crippen molar-refractivity contribution < 1.29 is 14.3 Å². The highest BCUT2D eigenvalue weighted by Crippen LogP contribution is 2.19. The quantitative estimate of drug-likeness (QED) is 0.708. The number of carbonyl (C=O) groups excluding carboxylic acids is 2. The minimum Gasteiger partial charge on any atom is -0.497 e. The first-order chi connectivity index (χ1) is 13.1. The van der Waals surface area contributed by atoms with Crippen molar-refractivity contribution >= 4 is 17.9 Å². The van der Waals surface area contributed by atoms with Gasteiger partial charge in [-0.2, -0.15) is 0 Å². The molecule has 0 atom stereocenters. The third-order valence-electron chi connectivity index (χ3n) is 4.38. The Morgan fingerprint density at radius 1 is 1.07 bits per heavy atom. The molecule has 0 saturated heterocycles. The van der Waals surface area contributed by atoms with Gasteiger partial charge < -0.3 is 15.4 Å². The molecule has 0 aliphatic heterocycles. The fourth-order valence-electron chi connectivity index (χ4n) is 2.60. The predicted molar refractivity (Wildman–Crippen MR) is 106 cm³/mol. The molecule has 5 heteroatoms. The molecule has 1 saturated carbocycles. The van der Waals surface area contributed by atoms with Gasteiger partial charge in [0.15, 0.2) is 0 Å². The molecular weight excluding hydrogens is 340 g/mol. The van der Waals surface area contributed by atoms with E-state index >= 15 is 0 Å². The molecule has 3 rings (SSSR count). The van der Waals surface area contributed by atoms with E-state index in [4.69, 9.17) is 4.74 Å². The first kappa shape index (κ1) is 18.7. The molecule has 0 bridgehead atoms. The van der Waals surface area contributed by atoms with Crippen molar-refractivity contribution in [3.05, 3.63) is 71.3 Å². The van der Waals surface area contributed by atoms with Gasteiger partial charge >= 0.3 is 0 Å². The van der Waals surface area contributed by atoms with Gasteiger partial charge in [0, 0.05) is 24.2 Å². The van der Waals surface area contributed by atoms with Crippen LogP contribution in [0.15, 0.2) is 54.6 Å². The highest BCUT2D eigenvalue weighted by atomic mass is 16.5. The Bertz CT molecular complexity index is 806. The molecule has 0 aromatic heterocycles. The maximum Gasteiger partial charge on any atom is 0.251 e. The van der Waals surface area contributed by atoms with Gasteiger partial charge in [-0.05, 0) is 60.7 Å². The Balaban J connectivity index is 1.42. The molecule has 2 amide bonds. The molecule has 1 aliphatic carbocycles. The van der Waals surface area contributed by atoms with Crippen molar-refractivity contribution in [2.45, 2.75) is 25.3 Å². The zero-order chi connectivity index (χ0) is 19.1. The van der Waals surface area contributed by atoms with E-state index in [2.05, 4.69) is 10.6 Å². The summed E-state index contributed by atoms with van der Waals surface area (Å²) in [6.45, 7) is 0.565. The summed E-state index contributed by atoms with van der Waals surface area (Å²) in [5.74, 6) is 0.644. The maximum absolute atomic E-state index is 11.9. The average Bonchev–Trinajstić information content (AvgIpc) is 3.51. The second-order valence-electron chi connectivity index (χ2n) is 6.59. The van der Waals surface area contributed by atoms with Gasteiger partial charge in [0.05, 0.1) is 7.11 Å². The summed E-state index contributed by atoms with van der Waals surface area (Å²) in [5, 5.41) is 5.82. The first-order valence-corrected chi connectivity index (χ1v) is 9.14. The number of benzene rings is 2. The van der Waals surface area contributed by atoms with Gasteiger partial charge in [-0.3, -0.25) is 9.59 Å². The minimum absolute atomic E-state index is 0.0377. The van der Waals surface area contributed by atoms with Crippen molar-refractivity contribution in [1.82, 2.24) is 10.6 Å². The fourth-order valence-corrected chi connectivity index (χ4v) is 2.60. The molecule has 2 aromatic rings. The number of ether oxygens (including phenoxy) is 1. The zero-order valence-corrected chi connectivity index (χ0v) is 15.4. The van der Waals surface area contributed by atoms with E-state index in [0.29, 0.717) is 18.2 Å². The monoisotopic (exact) mass is 364 g/mol. The maximum atomic E-state index is 11.9. The Morgan fingerprint density at radius 3 is 2.41 bits per heavy atom. The molecule has 0 spiro atoms. The molecule has 0 radical (unpaired) electrons. The van der Waals surface area contributed by atoms with E-state index in [1.54, 1.807) is 25.3 Å². The molecule has 1 fully saturated rings. The van der Waals surface area contributed by atoms with Crippen LogP contribution in [0.1, 0.15) is 34.3 Å². The number of hydrogen-bond donors (Lipinski definition) is 2. The molecule has 27 heavy (non-hydrogen) atoms. The van der Waals surface area contributed by atoms with Crippen LogP contribution in [-0.2, 0) is 11.2 Å². The zero-order valence-electron chi connectivity index (χ0n) is 15.4.